The lowest BCUT2D eigenvalue weighted by atomic mass is 10.1. The fourth-order valence-electron chi connectivity index (χ4n) is 3.40. The molecule has 0 unspecified atom stereocenters. The van der Waals surface area contributed by atoms with Crippen molar-refractivity contribution in [2.45, 2.75) is 18.9 Å². The van der Waals surface area contributed by atoms with Crippen molar-refractivity contribution < 1.29 is 4.52 Å². The lowest BCUT2D eigenvalue weighted by molar-refractivity contribution is 0.384. The molecule has 29 heavy (non-hydrogen) atoms. The van der Waals surface area contributed by atoms with Gasteiger partial charge in [0.15, 0.2) is 5.65 Å². The first-order valence-electron chi connectivity index (χ1n) is 9.08. The van der Waals surface area contributed by atoms with E-state index in [4.69, 9.17) is 27.7 Å². The van der Waals surface area contributed by atoms with E-state index in [9.17, 15) is 0 Å². The summed E-state index contributed by atoms with van der Waals surface area (Å²) in [6.45, 7) is 1.57. The van der Waals surface area contributed by atoms with E-state index in [1.807, 2.05) is 12.1 Å². The Morgan fingerprint density at radius 3 is 3.07 bits per heavy atom. The number of H-pyrrole nitrogens is 1. The topological polar surface area (TPSA) is 109 Å². The Hall–Kier alpha value is -2.91. The maximum atomic E-state index is 6.07. The van der Waals surface area contributed by atoms with Crippen LogP contribution in [0.5, 0.6) is 0 Å². The third-order valence-electron chi connectivity index (χ3n) is 4.86. The van der Waals surface area contributed by atoms with E-state index in [1.165, 1.54) is 6.33 Å². The molecule has 1 aliphatic heterocycles. The molecule has 1 atom stereocenters. The molecule has 3 aromatic heterocycles. The molecule has 2 N–H and O–H groups in total. The Bertz CT molecular complexity index is 1160. The number of aromatic amines is 1. The van der Waals surface area contributed by atoms with Crippen molar-refractivity contribution in [2.75, 3.05) is 23.3 Å². The van der Waals surface area contributed by atoms with E-state index in [0.29, 0.717) is 34.0 Å². The van der Waals surface area contributed by atoms with Crippen LogP contribution in [0.1, 0.15) is 17.9 Å². The van der Waals surface area contributed by atoms with Crippen molar-refractivity contribution in [2.24, 2.45) is 0 Å². The second kappa shape index (κ2) is 7.49. The zero-order valence-electron chi connectivity index (χ0n) is 15.1. The van der Waals surface area contributed by atoms with E-state index in [1.54, 1.807) is 12.3 Å². The third kappa shape index (κ3) is 3.70. The van der Waals surface area contributed by atoms with Crippen molar-refractivity contribution in [3.05, 3.63) is 52.2 Å². The van der Waals surface area contributed by atoms with Crippen LogP contribution in [0.3, 0.4) is 0 Å². The number of rotatable bonds is 5. The predicted octanol–water partition coefficient (Wildman–Crippen LogP) is 3.32. The first-order valence-corrected chi connectivity index (χ1v) is 9.83. The average Bonchev–Trinajstić information content (AvgIpc) is 3.45. The van der Waals surface area contributed by atoms with Gasteiger partial charge in [-0.2, -0.15) is 10.1 Å². The van der Waals surface area contributed by atoms with Gasteiger partial charge in [0.2, 0.25) is 5.89 Å². The number of benzene rings is 1. The molecule has 0 aliphatic carbocycles. The molecule has 5 rings (SSSR count). The molecule has 9 nitrogen and oxygen atoms in total. The summed E-state index contributed by atoms with van der Waals surface area (Å²) in [5.74, 6) is 1.88. The SMILES string of the molecule is Clc1ccc(Cc2nc(N3CC[C@H](Nc4ncnc5[nH]ncc45)C3)no2)cc1Cl. The summed E-state index contributed by atoms with van der Waals surface area (Å²) < 4.78 is 5.42. The van der Waals surface area contributed by atoms with Gasteiger partial charge in [0, 0.05) is 19.1 Å². The van der Waals surface area contributed by atoms with Crippen LogP contribution < -0.4 is 10.2 Å². The number of hydrogen-bond donors (Lipinski definition) is 2. The van der Waals surface area contributed by atoms with Gasteiger partial charge in [-0.1, -0.05) is 29.3 Å². The molecule has 4 heterocycles. The molecule has 1 fully saturated rings. The first-order chi connectivity index (χ1) is 14.2. The Balaban J connectivity index is 1.25. The summed E-state index contributed by atoms with van der Waals surface area (Å²) in [6.07, 6.45) is 4.67. The predicted molar refractivity (Wildman–Crippen MR) is 109 cm³/mol. The van der Waals surface area contributed by atoms with Gasteiger partial charge in [-0.3, -0.25) is 5.10 Å². The van der Waals surface area contributed by atoms with Crippen LogP contribution in [0.15, 0.2) is 35.2 Å². The molecule has 0 bridgehead atoms. The fourth-order valence-corrected chi connectivity index (χ4v) is 3.72. The van der Waals surface area contributed by atoms with Crippen LogP contribution >= 0.6 is 23.2 Å². The molecule has 0 amide bonds. The summed E-state index contributed by atoms with van der Waals surface area (Å²) in [5.41, 5.74) is 1.67. The number of nitrogens with zero attached hydrogens (tertiary/aromatic N) is 6. The summed E-state index contributed by atoms with van der Waals surface area (Å²) >= 11 is 12.0. The number of aromatic nitrogens is 6. The monoisotopic (exact) mass is 430 g/mol. The normalized spacial score (nSPS) is 16.6. The molecule has 148 valence electrons. The minimum Gasteiger partial charge on any atom is -0.365 e. The molecule has 11 heteroatoms. The van der Waals surface area contributed by atoms with Gasteiger partial charge < -0.3 is 14.7 Å². The molecule has 4 aromatic rings. The second-order valence-electron chi connectivity index (χ2n) is 6.84. The van der Waals surface area contributed by atoms with Crippen LogP contribution in [0.2, 0.25) is 10.0 Å². The molecule has 1 aromatic carbocycles. The van der Waals surface area contributed by atoms with Crippen molar-refractivity contribution >= 4 is 46.0 Å². The number of anilines is 2. The highest BCUT2D eigenvalue weighted by Gasteiger charge is 2.26. The van der Waals surface area contributed by atoms with Gasteiger partial charge in [0.1, 0.15) is 12.1 Å². The molecule has 1 aliphatic rings. The van der Waals surface area contributed by atoms with Gasteiger partial charge >= 0.3 is 0 Å². The van der Waals surface area contributed by atoms with E-state index in [-0.39, 0.29) is 6.04 Å². The Morgan fingerprint density at radius 2 is 2.17 bits per heavy atom. The fraction of sp³-hybridized carbons (Fsp3) is 0.278. The molecule has 0 radical (unpaired) electrons. The summed E-state index contributed by atoms with van der Waals surface area (Å²) in [5, 5.41) is 16.4. The summed E-state index contributed by atoms with van der Waals surface area (Å²) in [6, 6.07) is 5.67. The largest absolute Gasteiger partial charge is 0.365 e. The van der Waals surface area contributed by atoms with Gasteiger partial charge in [0.05, 0.1) is 28.0 Å². The second-order valence-corrected chi connectivity index (χ2v) is 7.66. The maximum Gasteiger partial charge on any atom is 0.266 e. The Morgan fingerprint density at radius 1 is 1.24 bits per heavy atom. The number of hydrogen-bond acceptors (Lipinski definition) is 8. The van der Waals surface area contributed by atoms with Gasteiger partial charge in [-0.15, -0.1) is 0 Å². The van der Waals surface area contributed by atoms with E-state index >= 15 is 0 Å². The van der Waals surface area contributed by atoms with Crippen molar-refractivity contribution in [1.82, 2.24) is 30.3 Å². The van der Waals surface area contributed by atoms with Crippen LogP contribution in [-0.4, -0.2) is 49.4 Å². The minimum absolute atomic E-state index is 0.208. The van der Waals surface area contributed by atoms with Gasteiger partial charge in [0.25, 0.3) is 5.95 Å². The molecule has 0 saturated carbocycles. The van der Waals surface area contributed by atoms with E-state index < -0.39 is 0 Å². The molecule has 0 spiro atoms. The van der Waals surface area contributed by atoms with Crippen molar-refractivity contribution in [3.8, 4) is 0 Å². The Labute approximate surface area is 175 Å². The van der Waals surface area contributed by atoms with Crippen LogP contribution in [0.25, 0.3) is 11.0 Å². The average molecular weight is 431 g/mol. The zero-order valence-corrected chi connectivity index (χ0v) is 16.7. The minimum atomic E-state index is 0.208. The Kier molecular flexibility index (Phi) is 4.69. The van der Waals surface area contributed by atoms with E-state index in [0.717, 1.165) is 36.3 Å². The molecular formula is C18H16Cl2N8O. The summed E-state index contributed by atoms with van der Waals surface area (Å²) in [4.78, 5) is 15.1. The molecular weight excluding hydrogens is 415 g/mol. The van der Waals surface area contributed by atoms with Crippen LogP contribution in [0.4, 0.5) is 11.8 Å². The van der Waals surface area contributed by atoms with Crippen molar-refractivity contribution in [1.29, 1.82) is 0 Å². The first kappa shape index (κ1) is 18.1. The number of fused-ring (bicyclic) bond motifs is 1. The zero-order chi connectivity index (χ0) is 19.8. The quantitative estimate of drug-likeness (QED) is 0.496. The van der Waals surface area contributed by atoms with Crippen LogP contribution in [-0.2, 0) is 6.42 Å². The highest BCUT2D eigenvalue weighted by molar-refractivity contribution is 6.42. The number of halogens is 2. The lowest BCUT2D eigenvalue weighted by Crippen LogP contribution is -2.27. The van der Waals surface area contributed by atoms with Crippen LogP contribution in [0, 0.1) is 0 Å². The maximum absolute atomic E-state index is 6.07. The highest BCUT2D eigenvalue weighted by Crippen LogP contribution is 2.25. The van der Waals surface area contributed by atoms with Gasteiger partial charge in [-0.25, -0.2) is 9.97 Å². The lowest BCUT2D eigenvalue weighted by Gasteiger charge is -2.15. The standard InChI is InChI=1S/C18H16Cl2N8O/c19-13-2-1-10(5-14(13)20)6-15-25-18(27-29-15)28-4-3-11(8-28)24-16-12-7-23-26-17(12)22-9-21-16/h1-2,5,7,9,11H,3-4,6,8H2,(H2,21,22,23,24,26)/t11-/m0/s1. The number of nitrogens with one attached hydrogen (secondary N) is 2. The van der Waals surface area contributed by atoms with Gasteiger partial charge in [-0.05, 0) is 29.3 Å². The van der Waals surface area contributed by atoms with Crippen molar-refractivity contribution in [3.63, 3.8) is 0 Å². The highest BCUT2D eigenvalue weighted by atomic mass is 35.5. The molecule has 1 saturated heterocycles. The van der Waals surface area contributed by atoms with E-state index in [2.05, 4.69) is 40.5 Å². The third-order valence-corrected chi connectivity index (χ3v) is 5.60. The summed E-state index contributed by atoms with van der Waals surface area (Å²) in [7, 11) is 0. The smallest absolute Gasteiger partial charge is 0.266 e.